The molecule has 1 aromatic heterocycles. The standard InChI is InChI=1S/C22H32N6O2/c1-3-23-21(27-13-15-28(16-14-27)22-24-10-4-11-25-22)26-12-5-17-30-18-19-6-8-20(29-2)9-7-19/h4,6-11H,3,5,12-18H2,1-2H3,(H,23,26). The predicted molar refractivity (Wildman–Crippen MR) is 119 cm³/mol. The summed E-state index contributed by atoms with van der Waals surface area (Å²) in [5.74, 6) is 2.63. The summed E-state index contributed by atoms with van der Waals surface area (Å²) < 4.78 is 11.0. The summed E-state index contributed by atoms with van der Waals surface area (Å²) in [7, 11) is 1.67. The summed E-state index contributed by atoms with van der Waals surface area (Å²) in [4.78, 5) is 18.0. The van der Waals surface area contributed by atoms with Gasteiger partial charge in [0.1, 0.15) is 5.75 Å². The molecule has 0 unspecified atom stereocenters. The van der Waals surface area contributed by atoms with E-state index in [0.29, 0.717) is 13.2 Å². The van der Waals surface area contributed by atoms with Gasteiger partial charge in [-0.2, -0.15) is 0 Å². The highest BCUT2D eigenvalue weighted by atomic mass is 16.5. The van der Waals surface area contributed by atoms with E-state index in [1.165, 1.54) is 0 Å². The number of rotatable bonds is 9. The minimum Gasteiger partial charge on any atom is -0.497 e. The molecule has 1 saturated heterocycles. The maximum absolute atomic E-state index is 5.78. The average molecular weight is 413 g/mol. The summed E-state index contributed by atoms with van der Waals surface area (Å²) in [6, 6.07) is 9.81. The van der Waals surface area contributed by atoms with Crippen molar-refractivity contribution in [2.75, 3.05) is 57.9 Å². The quantitative estimate of drug-likeness (QED) is 0.384. The van der Waals surface area contributed by atoms with Gasteiger partial charge in [-0.05, 0) is 37.1 Å². The minimum absolute atomic E-state index is 0.608. The number of benzene rings is 1. The number of piperazine rings is 1. The Bertz CT molecular complexity index is 761. The molecule has 8 nitrogen and oxygen atoms in total. The molecule has 8 heteroatoms. The van der Waals surface area contributed by atoms with Gasteiger partial charge in [0.2, 0.25) is 5.95 Å². The van der Waals surface area contributed by atoms with Crippen LogP contribution in [0.1, 0.15) is 18.9 Å². The average Bonchev–Trinajstić information content (AvgIpc) is 2.81. The normalized spacial score (nSPS) is 14.7. The Morgan fingerprint density at radius 2 is 1.83 bits per heavy atom. The van der Waals surface area contributed by atoms with E-state index in [-0.39, 0.29) is 0 Å². The van der Waals surface area contributed by atoms with Crippen molar-refractivity contribution in [1.82, 2.24) is 20.2 Å². The van der Waals surface area contributed by atoms with E-state index in [2.05, 4.69) is 32.0 Å². The zero-order valence-corrected chi connectivity index (χ0v) is 18.0. The van der Waals surface area contributed by atoms with Crippen molar-refractivity contribution >= 4 is 11.9 Å². The molecule has 1 fully saturated rings. The highest BCUT2D eigenvalue weighted by molar-refractivity contribution is 5.80. The van der Waals surface area contributed by atoms with E-state index in [9.17, 15) is 0 Å². The number of nitrogens with one attached hydrogen (secondary N) is 1. The molecule has 0 radical (unpaired) electrons. The molecular formula is C22H32N6O2. The summed E-state index contributed by atoms with van der Waals surface area (Å²) in [5, 5.41) is 3.41. The Labute approximate surface area is 178 Å². The molecule has 3 rings (SSSR count). The van der Waals surface area contributed by atoms with Gasteiger partial charge in [-0.15, -0.1) is 0 Å². The van der Waals surface area contributed by atoms with Crippen LogP contribution in [0.3, 0.4) is 0 Å². The molecule has 0 spiro atoms. The van der Waals surface area contributed by atoms with Gasteiger partial charge >= 0.3 is 0 Å². The second-order valence-electron chi connectivity index (χ2n) is 7.01. The van der Waals surface area contributed by atoms with Gasteiger partial charge in [0.25, 0.3) is 0 Å². The first-order chi connectivity index (χ1) is 14.8. The molecule has 2 aromatic rings. The molecule has 0 bridgehead atoms. The second-order valence-corrected chi connectivity index (χ2v) is 7.01. The largest absolute Gasteiger partial charge is 0.497 e. The van der Waals surface area contributed by atoms with Gasteiger partial charge in [0.05, 0.1) is 13.7 Å². The van der Waals surface area contributed by atoms with Crippen LogP contribution >= 0.6 is 0 Å². The highest BCUT2D eigenvalue weighted by Gasteiger charge is 2.20. The predicted octanol–water partition coefficient (Wildman–Crippen LogP) is 2.18. The van der Waals surface area contributed by atoms with E-state index in [4.69, 9.17) is 14.5 Å². The third-order valence-electron chi connectivity index (χ3n) is 4.89. The van der Waals surface area contributed by atoms with Gasteiger partial charge in [0, 0.05) is 58.3 Å². The molecule has 1 aliphatic heterocycles. The molecule has 2 heterocycles. The van der Waals surface area contributed by atoms with Crippen LogP contribution in [0.2, 0.25) is 0 Å². The lowest BCUT2D eigenvalue weighted by Crippen LogP contribution is -2.53. The molecule has 1 aliphatic rings. The molecule has 1 N–H and O–H groups in total. The van der Waals surface area contributed by atoms with Crippen LogP contribution in [0, 0.1) is 0 Å². The number of aliphatic imine (C=N–C) groups is 1. The fourth-order valence-corrected chi connectivity index (χ4v) is 3.26. The van der Waals surface area contributed by atoms with Gasteiger partial charge in [-0.1, -0.05) is 12.1 Å². The van der Waals surface area contributed by atoms with E-state index < -0.39 is 0 Å². The zero-order valence-electron chi connectivity index (χ0n) is 18.0. The monoisotopic (exact) mass is 412 g/mol. The van der Waals surface area contributed by atoms with Crippen molar-refractivity contribution in [2.45, 2.75) is 20.0 Å². The summed E-state index contributed by atoms with van der Waals surface area (Å²) in [6.45, 7) is 8.57. The lowest BCUT2D eigenvalue weighted by atomic mass is 10.2. The SMILES string of the molecule is CCNC(=NCCCOCc1ccc(OC)cc1)N1CCN(c2ncccn2)CC1. The van der Waals surface area contributed by atoms with Crippen molar-refractivity contribution in [3.05, 3.63) is 48.3 Å². The van der Waals surface area contributed by atoms with E-state index in [1.807, 2.05) is 30.3 Å². The Hall–Kier alpha value is -2.87. The number of anilines is 1. The molecule has 0 atom stereocenters. The van der Waals surface area contributed by atoms with E-state index >= 15 is 0 Å². The Morgan fingerprint density at radius 3 is 2.50 bits per heavy atom. The fourth-order valence-electron chi connectivity index (χ4n) is 3.26. The Kier molecular flexibility index (Phi) is 8.71. The number of hydrogen-bond donors (Lipinski definition) is 1. The van der Waals surface area contributed by atoms with Crippen molar-refractivity contribution in [3.63, 3.8) is 0 Å². The third kappa shape index (κ3) is 6.59. The number of hydrogen-bond acceptors (Lipinski definition) is 6. The number of nitrogens with zero attached hydrogens (tertiary/aromatic N) is 5. The van der Waals surface area contributed by atoms with Crippen molar-refractivity contribution < 1.29 is 9.47 Å². The first-order valence-electron chi connectivity index (χ1n) is 10.6. The summed E-state index contributed by atoms with van der Waals surface area (Å²) >= 11 is 0. The highest BCUT2D eigenvalue weighted by Crippen LogP contribution is 2.12. The molecule has 30 heavy (non-hydrogen) atoms. The van der Waals surface area contributed by atoms with Crippen LogP contribution in [-0.4, -0.2) is 73.8 Å². The van der Waals surface area contributed by atoms with Crippen LogP contribution in [0.4, 0.5) is 5.95 Å². The zero-order chi connectivity index (χ0) is 21.0. The van der Waals surface area contributed by atoms with E-state index in [1.54, 1.807) is 19.5 Å². The maximum Gasteiger partial charge on any atom is 0.225 e. The number of ether oxygens (including phenoxy) is 2. The van der Waals surface area contributed by atoms with Crippen molar-refractivity contribution in [2.24, 2.45) is 4.99 Å². The number of methoxy groups -OCH3 is 1. The Balaban J connectivity index is 1.39. The molecule has 0 aliphatic carbocycles. The van der Waals surface area contributed by atoms with E-state index in [0.717, 1.165) is 68.9 Å². The fraction of sp³-hybridized carbons (Fsp3) is 0.500. The smallest absolute Gasteiger partial charge is 0.225 e. The first-order valence-corrected chi connectivity index (χ1v) is 10.6. The van der Waals surface area contributed by atoms with Gasteiger partial charge in [-0.3, -0.25) is 4.99 Å². The van der Waals surface area contributed by atoms with Gasteiger partial charge in [0.15, 0.2) is 5.96 Å². The molecule has 0 saturated carbocycles. The lowest BCUT2D eigenvalue weighted by Gasteiger charge is -2.36. The number of guanidine groups is 1. The summed E-state index contributed by atoms with van der Waals surface area (Å²) in [6.07, 6.45) is 4.47. The number of aromatic nitrogens is 2. The summed E-state index contributed by atoms with van der Waals surface area (Å²) in [5.41, 5.74) is 1.15. The minimum atomic E-state index is 0.608. The molecular weight excluding hydrogens is 380 g/mol. The second kappa shape index (κ2) is 12.0. The molecule has 1 aromatic carbocycles. The van der Waals surface area contributed by atoms with Crippen LogP contribution in [0.25, 0.3) is 0 Å². The molecule has 162 valence electrons. The van der Waals surface area contributed by atoms with Gasteiger partial charge < -0.3 is 24.6 Å². The van der Waals surface area contributed by atoms with Gasteiger partial charge in [-0.25, -0.2) is 9.97 Å². The molecule has 0 amide bonds. The van der Waals surface area contributed by atoms with Crippen LogP contribution < -0.4 is 15.0 Å². The van der Waals surface area contributed by atoms with Crippen molar-refractivity contribution in [1.29, 1.82) is 0 Å². The topological polar surface area (TPSA) is 75.1 Å². The first kappa shape index (κ1) is 21.8. The van der Waals surface area contributed by atoms with Crippen LogP contribution in [0.5, 0.6) is 5.75 Å². The Morgan fingerprint density at radius 1 is 1.10 bits per heavy atom. The van der Waals surface area contributed by atoms with Crippen LogP contribution in [-0.2, 0) is 11.3 Å². The van der Waals surface area contributed by atoms with Crippen molar-refractivity contribution in [3.8, 4) is 5.75 Å². The maximum atomic E-state index is 5.78. The lowest BCUT2D eigenvalue weighted by molar-refractivity contribution is 0.120. The third-order valence-corrected chi connectivity index (χ3v) is 4.89. The van der Waals surface area contributed by atoms with Crippen LogP contribution in [0.15, 0.2) is 47.7 Å².